The fourth-order valence-electron chi connectivity index (χ4n) is 3.22. The van der Waals surface area contributed by atoms with Crippen molar-refractivity contribution in [2.24, 2.45) is 0 Å². The van der Waals surface area contributed by atoms with Gasteiger partial charge in [0.1, 0.15) is 0 Å². The average molecular weight is 673 g/mol. The minimum atomic E-state index is -0.903. The second-order valence-electron chi connectivity index (χ2n) is 8.43. The second-order valence-corrected chi connectivity index (χ2v) is 8.43. The number of fused-ring (bicyclic) bond motifs is 1. The third kappa shape index (κ3) is 7.98. The zero-order valence-corrected chi connectivity index (χ0v) is 23.5. The van der Waals surface area contributed by atoms with Crippen LogP contribution in [-0.2, 0) is 20.1 Å². The maximum Gasteiger partial charge on any atom is 0.215 e. The molecule has 4 nitrogen and oxygen atoms in total. The minimum Gasteiger partial charge on any atom is -0.493 e. The first kappa shape index (κ1) is 19.6. The van der Waals surface area contributed by atoms with Gasteiger partial charge in [0, 0.05) is 51.2 Å². The molecule has 0 aliphatic heterocycles. The molecule has 1 radical (unpaired) electrons. The Hall–Kier alpha value is -3.53. The smallest absolute Gasteiger partial charge is 0.215 e. The van der Waals surface area contributed by atoms with Gasteiger partial charge in [-0.2, -0.15) is 18.1 Å². The summed E-state index contributed by atoms with van der Waals surface area (Å²) in [6.07, 6.45) is 9.37. The van der Waals surface area contributed by atoms with Crippen molar-refractivity contribution >= 4 is 16.7 Å². The van der Waals surface area contributed by atoms with Gasteiger partial charge in [-0.05, 0) is 54.9 Å². The normalized spacial score (nSPS) is 15.2. The van der Waals surface area contributed by atoms with Gasteiger partial charge in [0.05, 0.1) is 8.22 Å². The first-order valence-electron chi connectivity index (χ1n) is 15.0. The van der Waals surface area contributed by atoms with Crippen LogP contribution in [0.3, 0.4) is 0 Å². The molecule has 4 heterocycles. The summed E-state index contributed by atoms with van der Waals surface area (Å²) in [4.78, 5) is 12.6. The van der Waals surface area contributed by atoms with Gasteiger partial charge in [0.25, 0.3) is 0 Å². The van der Waals surface area contributed by atoms with Crippen LogP contribution >= 0.6 is 0 Å². The molecule has 4 aromatic rings. The summed E-state index contributed by atoms with van der Waals surface area (Å²) < 4.78 is 60.7. The first-order chi connectivity index (χ1) is 20.3. The molecule has 0 aromatic carbocycles. The largest absolute Gasteiger partial charge is 0.493 e. The first-order valence-corrected chi connectivity index (χ1v) is 11.5. The van der Waals surface area contributed by atoms with Crippen LogP contribution in [0.1, 0.15) is 59.6 Å². The quantitative estimate of drug-likeness (QED) is 0.206. The molecule has 0 spiro atoms. The summed E-state index contributed by atoms with van der Waals surface area (Å²) in [5.74, 6) is -0.903. The van der Waals surface area contributed by atoms with Crippen LogP contribution in [0.15, 0.2) is 101 Å². The van der Waals surface area contributed by atoms with Crippen molar-refractivity contribution in [3.05, 3.63) is 126 Å². The molecule has 5 rings (SSSR count). The van der Waals surface area contributed by atoms with E-state index >= 15 is 0 Å². The SMILES string of the molecule is [2H]c1c(C([2H])(C)C)cnc(C2=CC=C(C)C[CH-]2)c1[2H].[2H]c1nc(-c2[c-]cccc3ccc(C)nc3oc2)c([2H])c([2H])c1[2H].[Ir]. The maximum atomic E-state index is 8.09. The molecule has 37 heavy (non-hydrogen) atoms. The van der Waals surface area contributed by atoms with E-state index in [-0.39, 0.29) is 62.2 Å². The minimum absolute atomic E-state index is 0. The van der Waals surface area contributed by atoms with Crippen LogP contribution in [0.4, 0.5) is 0 Å². The van der Waals surface area contributed by atoms with Gasteiger partial charge < -0.3 is 14.4 Å². The fraction of sp³-hybridized carbons (Fsp3) is 0.188. The number of aryl methyl sites for hydroxylation is 1. The van der Waals surface area contributed by atoms with Crippen molar-refractivity contribution in [2.45, 2.75) is 40.0 Å². The number of hydrogen-bond acceptors (Lipinski definition) is 4. The Balaban J connectivity index is 0.000000241. The number of hydrogen-bond donors (Lipinski definition) is 0. The molecule has 5 heteroatoms. The van der Waals surface area contributed by atoms with Crippen molar-refractivity contribution in [1.29, 1.82) is 0 Å². The average Bonchev–Trinajstić information content (AvgIpc) is 3.06. The maximum absolute atomic E-state index is 8.09. The van der Waals surface area contributed by atoms with E-state index in [1.165, 1.54) is 11.8 Å². The predicted octanol–water partition coefficient (Wildman–Crippen LogP) is 8.26. The molecule has 0 saturated carbocycles. The summed E-state index contributed by atoms with van der Waals surface area (Å²) in [5, 5.41) is 0.791. The Morgan fingerprint density at radius 3 is 2.70 bits per heavy atom. The van der Waals surface area contributed by atoms with E-state index in [0.29, 0.717) is 22.5 Å². The van der Waals surface area contributed by atoms with Gasteiger partial charge in [-0.1, -0.05) is 61.6 Å². The number of aromatic nitrogens is 3. The van der Waals surface area contributed by atoms with Crippen LogP contribution in [0.2, 0.25) is 0 Å². The third-order valence-electron chi connectivity index (χ3n) is 5.29. The van der Waals surface area contributed by atoms with Crippen LogP contribution in [-0.4, -0.2) is 15.0 Å². The molecule has 0 bridgehead atoms. The van der Waals surface area contributed by atoms with E-state index < -0.39 is 5.89 Å². The Morgan fingerprint density at radius 2 is 1.92 bits per heavy atom. The molecule has 0 unspecified atom stereocenters. The number of rotatable bonds is 3. The third-order valence-corrected chi connectivity index (χ3v) is 5.29. The summed E-state index contributed by atoms with van der Waals surface area (Å²) in [7, 11) is 0. The van der Waals surface area contributed by atoms with E-state index in [2.05, 4.69) is 27.9 Å². The van der Waals surface area contributed by atoms with Crippen molar-refractivity contribution in [3.8, 4) is 11.3 Å². The number of allylic oxidation sites excluding steroid dienone is 4. The van der Waals surface area contributed by atoms with Crippen molar-refractivity contribution in [3.63, 3.8) is 0 Å². The monoisotopic (exact) mass is 673 g/mol. The van der Waals surface area contributed by atoms with Crippen molar-refractivity contribution in [2.75, 3.05) is 0 Å². The van der Waals surface area contributed by atoms with E-state index in [0.717, 1.165) is 23.1 Å². The summed E-state index contributed by atoms with van der Waals surface area (Å²) in [6.45, 7) is 7.32. The van der Waals surface area contributed by atoms with E-state index in [4.69, 9.17) is 14.0 Å². The molecule has 1 aliphatic rings. The molecule has 0 atom stereocenters. The molecule has 0 saturated heterocycles. The van der Waals surface area contributed by atoms with E-state index in [9.17, 15) is 0 Å². The van der Waals surface area contributed by atoms with Crippen LogP contribution in [0.25, 0.3) is 27.9 Å². The van der Waals surface area contributed by atoms with Gasteiger partial charge >= 0.3 is 0 Å². The zero-order valence-electron chi connectivity index (χ0n) is 28.1. The number of pyridine rings is 3. The van der Waals surface area contributed by atoms with Gasteiger partial charge in [0.2, 0.25) is 5.71 Å². The zero-order chi connectivity index (χ0) is 31.5. The van der Waals surface area contributed by atoms with Crippen LogP contribution in [0, 0.1) is 19.4 Å². The second kappa shape index (κ2) is 13.7. The Bertz CT molecular complexity index is 1810. The molecule has 0 amide bonds. The van der Waals surface area contributed by atoms with E-state index in [1.807, 2.05) is 43.7 Å². The summed E-state index contributed by atoms with van der Waals surface area (Å²) in [5.41, 5.74) is 4.76. The van der Waals surface area contributed by atoms with Gasteiger partial charge in [0.15, 0.2) is 0 Å². The van der Waals surface area contributed by atoms with Crippen molar-refractivity contribution in [1.82, 2.24) is 15.0 Å². The van der Waals surface area contributed by atoms with Gasteiger partial charge in [-0.15, -0.1) is 24.3 Å². The van der Waals surface area contributed by atoms with Crippen molar-refractivity contribution < 1.29 is 34.1 Å². The Labute approximate surface area is 243 Å². The summed E-state index contributed by atoms with van der Waals surface area (Å²) in [6, 6.07) is 11.1. The Kier molecular flexibility index (Phi) is 7.24. The summed E-state index contributed by atoms with van der Waals surface area (Å²) >= 11 is 0. The Morgan fingerprint density at radius 1 is 1.05 bits per heavy atom. The fourth-order valence-corrected chi connectivity index (χ4v) is 3.22. The molecule has 191 valence electrons. The van der Waals surface area contributed by atoms with Crippen LogP contribution < -0.4 is 0 Å². The molecule has 0 N–H and O–H groups in total. The predicted molar refractivity (Wildman–Crippen MR) is 147 cm³/mol. The van der Waals surface area contributed by atoms with Gasteiger partial charge in [-0.25, -0.2) is 4.98 Å². The molecular formula is C32H31IrN3O-2. The molecule has 4 aromatic heterocycles. The van der Waals surface area contributed by atoms with E-state index in [1.54, 1.807) is 32.2 Å². The van der Waals surface area contributed by atoms with Gasteiger partial charge in [-0.3, -0.25) is 0 Å². The molecule has 1 aliphatic carbocycles. The standard InChI is InChI=1S/C17H13N2O.C15H18N.Ir/c1-13-9-10-14-6-2-3-7-15(12-20-17(14)19-13)16-8-4-5-11-18-16;1-11(2)14-8-9-15(16-10-14)13-6-4-12(3)5-7-13;/h2-6,8-12H,1H3;4,6-11H,5H2,1-3H3;/q2*-1;/i4D,5D,8D,11D;8D,9D,11D;. The number of nitrogens with zero attached hydrogens (tertiary/aromatic N) is 3. The molecular weight excluding hydrogens is 635 g/mol. The topological polar surface area (TPSA) is 51.8 Å². The molecule has 0 fully saturated rings. The van der Waals surface area contributed by atoms with Crippen LogP contribution in [0.5, 0.6) is 0 Å².